The second kappa shape index (κ2) is 8.01. The van der Waals surface area contributed by atoms with Gasteiger partial charge in [-0.25, -0.2) is 14.4 Å². The van der Waals surface area contributed by atoms with E-state index in [4.69, 9.17) is 11.6 Å². The number of para-hydroxylation sites is 1. The number of rotatable bonds is 3. The molecule has 0 aliphatic carbocycles. The molecule has 0 aliphatic heterocycles. The number of nitriles is 1. The van der Waals surface area contributed by atoms with Crippen LogP contribution >= 0.6 is 11.6 Å². The highest BCUT2D eigenvalue weighted by Gasteiger charge is 2.17. The Morgan fingerprint density at radius 3 is 2.71 bits per heavy atom. The smallest absolute Gasteiger partial charge is 0.266 e. The van der Waals surface area contributed by atoms with Crippen LogP contribution in [0.1, 0.15) is 22.8 Å². The van der Waals surface area contributed by atoms with Gasteiger partial charge in [-0.1, -0.05) is 23.7 Å². The molecule has 0 spiro atoms. The molecule has 6 nitrogen and oxygen atoms in total. The van der Waals surface area contributed by atoms with Gasteiger partial charge in [-0.15, -0.1) is 0 Å². The van der Waals surface area contributed by atoms with Crippen LogP contribution in [-0.4, -0.2) is 19.6 Å². The second-order valence-electron chi connectivity index (χ2n) is 6.71. The molecule has 31 heavy (non-hydrogen) atoms. The Hall–Kier alpha value is -4.02. The van der Waals surface area contributed by atoms with E-state index >= 15 is 0 Å². The van der Waals surface area contributed by atoms with E-state index in [0.29, 0.717) is 11.4 Å². The summed E-state index contributed by atoms with van der Waals surface area (Å²) in [6.07, 6.45) is 1.23. The predicted octanol–water partition coefficient (Wildman–Crippen LogP) is 4.81. The van der Waals surface area contributed by atoms with Gasteiger partial charge in [-0.05, 0) is 49.4 Å². The van der Waals surface area contributed by atoms with Gasteiger partial charge in [0, 0.05) is 11.8 Å². The van der Waals surface area contributed by atoms with Crippen molar-refractivity contribution in [2.24, 2.45) is 0 Å². The molecule has 0 aliphatic rings. The van der Waals surface area contributed by atoms with Crippen LogP contribution in [-0.2, 0) is 0 Å². The summed E-state index contributed by atoms with van der Waals surface area (Å²) in [5.41, 5.74) is 0.806. The minimum atomic E-state index is -0.578. The Balaban J connectivity index is 2.05. The number of aliphatic hydroxyl groups excluding tert-OH is 1. The first-order valence-electron chi connectivity index (χ1n) is 9.15. The van der Waals surface area contributed by atoms with Gasteiger partial charge in [0.15, 0.2) is 0 Å². The maximum Gasteiger partial charge on any atom is 0.266 e. The van der Waals surface area contributed by atoms with Gasteiger partial charge in [0.1, 0.15) is 29.2 Å². The number of aryl methyl sites for hydroxylation is 1. The predicted molar refractivity (Wildman–Crippen MR) is 116 cm³/mol. The first kappa shape index (κ1) is 20.3. The monoisotopic (exact) mass is 432 g/mol. The highest BCUT2D eigenvalue weighted by Crippen LogP contribution is 2.24. The minimum Gasteiger partial charge on any atom is -0.505 e. The highest BCUT2D eigenvalue weighted by molar-refractivity contribution is 6.32. The fourth-order valence-corrected chi connectivity index (χ4v) is 3.39. The molecule has 4 rings (SSSR count). The van der Waals surface area contributed by atoms with Crippen molar-refractivity contribution in [3.05, 3.63) is 98.6 Å². The quantitative estimate of drug-likeness (QED) is 0.469. The Morgan fingerprint density at radius 2 is 1.97 bits per heavy atom. The van der Waals surface area contributed by atoms with Gasteiger partial charge < -0.3 is 5.11 Å². The molecule has 8 heteroatoms. The highest BCUT2D eigenvalue weighted by atomic mass is 35.5. The third kappa shape index (κ3) is 3.77. The molecule has 0 radical (unpaired) electrons. The SMILES string of the molecule is Cc1ccc(C#N)c(C(O)=Cc2nc3ccc(F)cc3c(=O)n2-c2ccccc2Cl)n1. The molecule has 0 unspecified atom stereocenters. The van der Waals surface area contributed by atoms with Gasteiger partial charge >= 0.3 is 0 Å². The summed E-state index contributed by atoms with van der Waals surface area (Å²) in [4.78, 5) is 21.9. The van der Waals surface area contributed by atoms with Crippen LogP contribution < -0.4 is 5.56 Å². The molecule has 2 aromatic heterocycles. The van der Waals surface area contributed by atoms with E-state index < -0.39 is 11.4 Å². The molecule has 0 amide bonds. The van der Waals surface area contributed by atoms with Crippen LogP contribution in [0.2, 0.25) is 5.02 Å². The van der Waals surface area contributed by atoms with Crippen LogP contribution in [0.15, 0.2) is 59.4 Å². The number of aromatic nitrogens is 3. The Bertz CT molecular complexity index is 1470. The van der Waals surface area contributed by atoms with Gasteiger partial charge in [0.25, 0.3) is 5.56 Å². The van der Waals surface area contributed by atoms with E-state index in [1.807, 2.05) is 6.07 Å². The number of hydrogen-bond acceptors (Lipinski definition) is 5. The zero-order chi connectivity index (χ0) is 22.1. The first-order chi connectivity index (χ1) is 14.9. The van der Waals surface area contributed by atoms with E-state index in [2.05, 4.69) is 9.97 Å². The van der Waals surface area contributed by atoms with Crippen molar-refractivity contribution >= 4 is 34.3 Å². The van der Waals surface area contributed by atoms with Gasteiger partial charge in [0.05, 0.1) is 27.2 Å². The zero-order valence-corrected chi connectivity index (χ0v) is 16.9. The number of fused-ring (bicyclic) bond motifs is 1. The van der Waals surface area contributed by atoms with Gasteiger partial charge in [-0.2, -0.15) is 5.26 Å². The molecule has 0 saturated heterocycles. The fourth-order valence-electron chi connectivity index (χ4n) is 3.17. The molecule has 152 valence electrons. The number of aliphatic hydroxyl groups is 1. The third-order valence-electron chi connectivity index (χ3n) is 4.61. The lowest BCUT2D eigenvalue weighted by atomic mass is 10.1. The molecule has 0 bridgehead atoms. The maximum absolute atomic E-state index is 13.8. The lowest BCUT2D eigenvalue weighted by Gasteiger charge is -2.13. The molecular formula is C23H14ClFN4O2. The zero-order valence-electron chi connectivity index (χ0n) is 16.2. The summed E-state index contributed by atoms with van der Waals surface area (Å²) in [6.45, 7) is 1.72. The van der Waals surface area contributed by atoms with Crippen molar-refractivity contribution in [3.8, 4) is 11.8 Å². The van der Waals surface area contributed by atoms with Crippen LogP contribution in [0.3, 0.4) is 0 Å². The van der Waals surface area contributed by atoms with Crippen LogP contribution in [0.25, 0.3) is 28.4 Å². The molecular weight excluding hydrogens is 419 g/mol. The average molecular weight is 433 g/mol. The molecule has 2 heterocycles. The van der Waals surface area contributed by atoms with Crippen molar-refractivity contribution in [2.75, 3.05) is 0 Å². The minimum absolute atomic E-state index is 0.0434. The van der Waals surface area contributed by atoms with Crippen molar-refractivity contribution in [2.45, 2.75) is 6.92 Å². The Morgan fingerprint density at radius 1 is 1.19 bits per heavy atom. The largest absolute Gasteiger partial charge is 0.505 e. The molecule has 4 aromatic rings. The summed E-state index contributed by atoms with van der Waals surface area (Å²) in [5, 5.41) is 20.4. The molecule has 0 saturated carbocycles. The topological polar surface area (TPSA) is 91.8 Å². The number of pyridine rings is 1. The fraction of sp³-hybridized carbons (Fsp3) is 0.0435. The van der Waals surface area contributed by atoms with Crippen LogP contribution in [0.4, 0.5) is 4.39 Å². The number of nitrogens with zero attached hydrogens (tertiary/aromatic N) is 4. The second-order valence-corrected chi connectivity index (χ2v) is 7.12. The van der Waals surface area contributed by atoms with Crippen LogP contribution in [0, 0.1) is 24.1 Å². The summed E-state index contributed by atoms with van der Waals surface area (Å²) in [7, 11) is 0. The Kier molecular flexibility index (Phi) is 5.24. The lowest BCUT2D eigenvalue weighted by molar-refractivity contribution is 0.511. The van der Waals surface area contributed by atoms with Gasteiger partial charge in [-0.3, -0.25) is 9.36 Å². The van der Waals surface area contributed by atoms with Crippen molar-refractivity contribution < 1.29 is 9.50 Å². The molecule has 0 fully saturated rings. The Labute approximate surface area is 181 Å². The molecule has 1 N–H and O–H groups in total. The van der Waals surface area contributed by atoms with E-state index in [-0.39, 0.29) is 38.8 Å². The number of hydrogen-bond donors (Lipinski definition) is 1. The summed E-state index contributed by atoms with van der Waals surface area (Å²) < 4.78 is 15.0. The van der Waals surface area contributed by atoms with Crippen molar-refractivity contribution in [3.63, 3.8) is 0 Å². The van der Waals surface area contributed by atoms with Crippen molar-refractivity contribution in [1.82, 2.24) is 14.5 Å². The molecule has 0 atom stereocenters. The van der Waals surface area contributed by atoms with E-state index in [9.17, 15) is 19.6 Å². The summed E-state index contributed by atoms with van der Waals surface area (Å²) in [5.74, 6) is -0.887. The normalized spacial score (nSPS) is 11.5. The van der Waals surface area contributed by atoms with Gasteiger partial charge in [0.2, 0.25) is 0 Å². The molecule has 2 aromatic carbocycles. The van der Waals surface area contributed by atoms with Crippen molar-refractivity contribution in [1.29, 1.82) is 5.26 Å². The summed E-state index contributed by atoms with van der Waals surface area (Å²) >= 11 is 6.31. The van der Waals surface area contributed by atoms with Crippen LogP contribution in [0.5, 0.6) is 0 Å². The lowest BCUT2D eigenvalue weighted by Crippen LogP contribution is -2.23. The van der Waals surface area contributed by atoms with E-state index in [0.717, 1.165) is 6.07 Å². The standard InChI is InChI=1S/C23H14ClFN4O2/c1-13-6-7-14(12-26)22(27-13)20(30)11-21-28-18-9-8-15(25)10-16(18)23(31)29(21)19-5-3-2-4-17(19)24/h2-11,30H,1H3. The van der Waals surface area contributed by atoms with E-state index in [1.165, 1.54) is 22.8 Å². The third-order valence-corrected chi connectivity index (χ3v) is 4.93. The maximum atomic E-state index is 13.8. The average Bonchev–Trinajstić information content (AvgIpc) is 2.75. The number of halogens is 2. The first-order valence-corrected chi connectivity index (χ1v) is 9.53. The number of benzene rings is 2. The summed E-state index contributed by atoms with van der Waals surface area (Å²) in [6, 6.07) is 15.4. The van der Waals surface area contributed by atoms with E-state index in [1.54, 1.807) is 43.3 Å².